The number of fused-ring (bicyclic) bond motifs is 1. The molecule has 186 valence electrons. The normalized spacial score (nSPS) is 10.4. The van der Waals surface area contributed by atoms with E-state index in [1.807, 2.05) is 6.07 Å². The molecular weight excluding hydrogens is 514 g/mol. The van der Waals surface area contributed by atoms with E-state index in [0.717, 1.165) is 0 Å². The summed E-state index contributed by atoms with van der Waals surface area (Å²) in [7, 11) is 0. The second-order valence-corrected chi connectivity index (χ2v) is 8.12. The minimum atomic E-state index is -1.82. The van der Waals surface area contributed by atoms with Gasteiger partial charge in [-0.2, -0.15) is 0 Å². The first-order valence-electron chi connectivity index (χ1n) is 10.5. The summed E-state index contributed by atoms with van der Waals surface area (Å²) >= 11 is 12.4. The SMILES string of the molecule is O=C(O)C(=O)O.O=c1c2ccccc2nc(-c2ccc(Cl)cc2Cl)n1CCCOc1ccccc1F. The van der Waals surface area contributed by atoms with E-state index in [-0.39, 0.29) is 17.9 Å². The largest absolute Gasteiger partial charge is 0.490 e. The number of aliphatic carboxylic acids is 2. The Balaban J connectivity index is 0.000000538. The van der Waals surface area contributed by atoms with Crippen LogP contribution in [0.1, 0.15) is 6.42 Å². The Labute approximate surface area is 214 Å². The molecule has 0 bridgehead atoms. The number of aromatic nitrogens is 2. The number of para-hydroxylation sites is 2. The summed E-state index contributed by atoms with van der Waals surface area (Å²) in [6.07, 6.45) is 0.479. The van der Waals surface area contributed by atoms with E-state index in [0.29, 0.717) is 45.3 Å². The Morgan fingerprint density at radius 3 is 2.31 bits per heavy atom. The average Bonchev–Trinajstić information content (AvgIpc) is 2.84. The number of hydrogen-bond acceptors (Lipinski definition) is 5. The highest BCUT2D eigenvalue weighted by Crippen LogP contribution is 2.29. The number of halogens is 3. The van der Waals surface area contributed by atoms with Crippen molar-refractivity contribution in [2.45, 2.75) is 13.0 Å². The molecular formula is C25H19Cl2FN2O6. The van der Waals surface area contributed by atoms with Crippen LogP contribution >= 0.6 is 23.2 Å². The van der Waals surface area contributed by atoms with Crippen molar-refractivity contribution in [2.75, 3.05) is 6.61 Å². The van der Waals surface area contributed by atoms with Gasteiger partial charge in [-0.15, -0.1) is 0 Å². The fourth-order valence-corrected chi connectivity index (χ4v) is 3.71. The highest BCUT2D eigenvalue weighted by Gasteiger charge is 2.15. The van der Waals surface area contributed by atoms with Crippen LogP contribution in [0, 0.1) is 5.82 Å². The van der Waals surface area contributed by atoms with Gasteiger partial charge in [-0.25, -0.2) is 19.0 Å². The molecule has 0 saturated carbocycles. The summed E-state index contributed by atoms with van der Waals surface area (Å²) < 4.78 is 20.8. The van der Waals surface area contributed by atoms with Crippen LogP contribution in [0.15, 0.2) is 71.5 Å². The highest BCUT2D eigenvalue weighted by molar-refractivity contribution is 6.36. The Morgan fingerprint density at radius 2 is 1.64 bits per heavy atom. The number of nitrogens with zero attached hydrogens (tertiary/aromatic N) is 2. The molecule has 4 aromatic rings. The zero-order valence-electron chi connectivity index (χ0n) is 18.5. The first-order chi connectivity index (χ1) is 17.2. The van der Waals surface area contributed by atoms with Crippen molar-refractivity contribution in [1.82, 2.24) is 9.55 Å². The summed E-state index contributed by atoms with van der Waals surface area (Å²) in [6, 6.07) is 18.4. The van der Waals surface area contributed by atoms with Crippen molar-refractivity contribution in [3.8, 4) is 17.1 Å². The van der Waals surface area contributed by atoms with E-state index in [2.05, 4.69) is 4.98 Å². The van der Waals surface area contributed by atoms with E-state index >= 15 is 0 Å². The lowest BCUT2D eigenvalue weighted by Crippen LogP contribution is -2.24. The maximum absolute atomic E-state index is 13.7. The third-order valence-electron chi connectivity index (χ3n) is 4.84. The second kappa shape index (κ2) is 12.1. The maximum atomic E-state index is 13.7. The molecule has 0 radical (unpaired) electrons. The number of carboxylic acid groups (broad SMARTS) is 2. The standard InChI is InChI=1S/C23H17Cl2FN2O2.C2H2O4/c24-15-10-11-16(18(25)14-15)22-27-20-8-3-1-6-17(20)23(29)28(22)12-5-13-30-21-9-4-2-7-19(21)26;3-1(4)2(5)6/h1-4,6-11,14H,5,12-13H2;(H,3,4)(H,5,6). The summed E-state index contributed by atoms with van der Waals surface area (Å²) in [5.41, 5.74) is 1.02. The Morgan fingerprint density at radius 1 is 0.972 bits per heavy atom. The summed E-state index contributed by atoms with van der Waals surface area (Å²) in [6.45, 7) is 0.577. The van der Waals surface area contributed by atoms with Crippen LogP contribution in [-0.4, -0.2) is 38.3 Å². The first kappa shape index (κ1) is 26.7. The van der Waals surface area contributed by atoms with Crippen LogP contribution in [-0.2, 0) is 16.1 Å². The molecule has 0 aliphatic heterocycles. The molecule has 36 heavy (non-hydrogen) atoms. The van der Waals surface area contributed by atoms with Crippen LogP contribution in [0.2, 0.25) is 10.0 Å². The van der Waals surface area contributed by atoms with Crippen LogP contribution < -0.4 is 10.3 Å². The predicted molar refractivity (Wildman–Crippen MR) is 133 cm³/mol. The minimum absolute atomic E-state index is 0.174. The monoisotopic (exact) mass is 532 g/mol. The molecule has 8 nitrogen and oxygen atoms in total. The lowest BCUT2D eigenvalue weighted by Gasteiger charge is -2.15. The molecule has 0 aliphatic rings. The number of carboxylic acids is 2. The fourth-order valence-electron chi connectivity index (χ4n) is 3.22. The van der Waals surface area contributed by atoms with Crippen molar-refractivity contribution in [3.05, 3.63) is 92.9 Å². The third-order valence-corrected chi connectivity index (χ3v) is 5.38. The van der Waals surface area contributed by atoms with Crippen LogP contribution in [0.25, 0.3) is 22.3 Å². The number of benzene rings is 3. The lowest BCUT2D eigenvalue weighted by molar-refractivity contribution is -0.159. The van der Waals surface area contributed by atoms with Crippen molar-refractivity contribution >= 4 is 46.0 Å². The van der Waals surface area contributed by atoms with E-state index < -0.39 is 17.8 Å². The molecule has 0 atom stereocenters. The van der Waals surface area contributed by atoms with Gasteiger partial charge in [-0.05, 0) is 48.9 Å². The topological polar surface area (TPSA) is 119 Å². The van der Waals surface area contributed by atoms with Gasteiger partial charge in [0.15, 0.2) is 11.6 Å². The molecule has 1 heterocycles. The molecule has 0 unspecified atom stereocenters. The highest BCUT2D eigenvalue weighted by atomic mass is 35.5. The van der Waals surface area contributed by atoms with Crippen molar-refractivity contribution < 1.29 is 28.9 Å². The van der Waals surface area contributed by atoms with E-state index in [4.69, 9.17) is 47.7 Å². The summed E-state index contributed by atoms with van der Waals surface area (Å²) in [4.78, 5) is 36.1. The zero-order chi connectivity index (χ0) is 26.2. The smallest absolute Gasteiger partial charge is 0.414 e. The van der Waals surface area contributed by atoms with Gasteiger partial charge < -0.3 is 14.9 Å². The molecule has 0 spiro atoms. The molecule has 3 aromatic carbocycles. The van der Waals surface area contributed by atoms with Gasteiger partial charge in [0.05, 0.1) is 22.5 Å². The van der Waals surface area contributed by atoms with Crippen LogP contribution in [0.3, 0.4) is 0 Å². The zero-order valence-corrected chi connectivity index (χ0v) is 20.0. The quantitative estimate of drug-likeness (QED) is 0.261. The molecule has 2 N–H and O–H groups in total. The molecule has 1 aromatic heterocycles. The lowest BCUT2D eigenvalue weighted by atomic mass is 10.1. The van der Waals surface area contributed by atoms with Crippen molar-refractivity contribution in [3.63, 3.8) is 0 Å². The molecule has 4 rings (SSSR count). The van der Waals surface area contributed by atoms with Gasteiger partial charge in [0.1, 0.15) is 5.82 Å². The summed E-state index contributed by atoms with van der Waals surface area (Å²) in [5.74, 6) is -3.44. The van der Waals surface area contributed by atoms with E-state index in [9.17, 15) is 9.18 Å². The van der Waals surface area contributed by atoms with Gasteiger partial charge in [0.2, 0.25) is 0 Å². The second-order valence-electron chi connectivity index (χ2n) is 7.28. The number of carbonyl (C=O) groups is 2. The van der Waals surface area contributed by atoms with Gasteiger partial charge in [0, 0.05) is 17.1 Å². The van der Waals surface area contributed by atoms with E-state index in [1.54, 1.807) is 59.2 Å². The predicted octanol–water partition coefficient (Wildman–Crippen LogP) is 5.13. The maximum Gasteiger partial charge on any atom is 0.414 e. The van der Waals surface area contributed by atoms with Crippen molar-refractivity contribution in [1.29, 1.82) is 0 Å². The Bertz CT molecular complexity index is 1460. The van der Waals surface area contributed by atoms with Crippen LogP contribution in [0.4, 0.5) is 4.39 Å². The van der Waals surface area contributed by atoms with Crippen LogP contribution in [0.5, 0.6) is 5.75 Å². The Hall–Kier alpha value is -3.95. The number of hydrogen-bond donors (Lipinski definition) is 2. The summed E-state index contributed by atoms with van der Waals surface area (Å²) in [5, 5.41) is 16.2. The average molecular weight is 533 g/mol. The van der Waals surface area contributed by atoms with Gasteiger partial charge >= 0.3 is 11.9 Å². The third kappa shape index (κ3) is 6.59. The number of ether oxygens (including phenoxy) is 1. The molecule has 0 amide bonds. The van der Waals surface area contributed by atoms with Gasteiger partial charge in [-0.1, -0.05) is 47.5 Å². The Kier molecular flexibility index (Phi) is 8.99. The minimum Gasteiger partial charge on any atom is -0.490 e. The molecule has 0 aliphatic carbocycles. The van der Waals surface area contributed by atoms with Gasteiger partial charge in [0.25, 0.3) is 5.56 Å². The van der Waals surface area contributed by atoms with E-state index in [1.165, 1.54) is 6.07 Å². The molecule has 0 saturated heterocycles. The first-order valence-corrected chi connectivity index (χ1v) is 11.2. The van der Waals surface area contributed by atoms with Crippen molar-refractivity contribution in [2.24, 2.45) is 0 Å². The fraction of sp³-hybridized carbons (Fsp3) is 0.120. The number of rotatable bonds is 6. The molecule has 11 heteroatoms. The molecule has 0 fully saturated rings. The van der Waals surface area contributed by atoms with Gasteiger partial charge in [-0.3, -0.25) is 9.36 Å².